The summed E-state index contributed by atoms with van der Waals surface area (Å²) in [6.07, 6.45) is -3.78. The van der Waals surface area contributed by atoms with Crippen molar-refractivity contribution < 1.29 is 32.6 Å². The third-order valence-electron chi connectivity index (χ3n) is 4.35. The maximum absolute atomic E-state index is 12.6. The van der Waals surface area contributed by atoms with Gasteiger partial charge in [0.2, 0.25) is 5.91 Å². The number of carbonyl (C=O) groups excluding carboxylic acids is 1. The fourth-order valence-corrected chi connectivity index (χ4v) is 2.79. The Bertz CT molecular complexity index is 680. The Morgan fingerprint density at radius 2 is 1.81 bits per heavy atom. The summed E-state index contributed by atoms with van der Waals surface area (Å²) in [5.41, 5.74) is -0.499. The summed E-state index contributed by atoms with van der Waals surface area (Å²) >= 11 is 0. The Morgan fingerprint density at radius 3 is 2.30 bits per heavy atom. The van der Waals surface area contributed by atoms with Crippen molar-refractivity contribution >= 4 is 11.9 Å². The van der Waals surface area contributed by atoms with Gasteiger partial charge in [-0.3, -0.25) is 4.79 Å². The standard InChI is InChI=1S/C19H24F3NO4/c1-18(2,3)27-9-8-15(17(25)26)23-16(24)14-10-13(14)11-4-6-12(7-5-11)19(20,21)22/h4-7,13-15H,8-10H2,1-3H3,(H,23,24)(H,25,26). The maximum atomic E-state index is 12.6. The fourth-order valence-electron chi connectivity index (χ4n) is 2.79. The van der Waals surface area contributed by atoms with E-state index < -0.39 is 41.2 Å². The summed E-state index contributed by atoms with van der Waals surface area (Å²) in [4.78, 5) is 23.6. The number of carboxylic acids is 1. The van der Waals surface area contributed by atoms with Gasteiger partial charge in [-0.05, 0) is 50.8 Å². The molecule has 1 fully saturated rings. The molecule has 0 bridgehead atoms. The molecule has 0 heterocycles. The second kappa shape index (κ2) is 7.88. The highest BCUT2D eigenvalue weighted by Crippen LogP contribution is 2.48. The smallest absolute Gasteiger partial charge is 0.416 e. The first kappa shape index (κ1) is 21.2. The van der Waals surface area contributed by atoms with Gasteiger partial charge in [-0.15, -0.1) is 0 Å². The molecule has 2 N–H and O–H groups in total. The highest BCUT2D eigenvalue weighted by molar-refractivity contribution is 5.87. The minimum Gasteiger partial charge on any atom is -0.480 e. The minimum atomic E-state index is -4.40. The van der Waals surface area contributed by atoms with Crippen molar-refractivity contribution in [3.05, 3.63) is 35.4 Å². The summed E-state index contributed by atoms with van der Waals surface area (Å²) < 4.78 is 43.3. The molecule has 1 saturated carbocycles. The predicted molar refractivity (Wildman–Crippen MR) is 92.2 cm³/mol. The average Bonchev–Trinajstić information content (AvgIpc) is 3.32. The predicted octanol–water partition coefficient (Wildman–Crippen LogP) is 3.58. The maximum Gasteiger partial charge on any atom is 0.416 e. The number of nitrogens with one attached hydrogen (secondary N) is 1. The largest absolute Gasteiger partial charge is 0.480 e. The van der Waals surface area contributed by atoms with Gasteiger partial charge in [0.1, 0.15) is 6.04 Å². The Balaban J connectivity index is 1.89. The molecule has 1 amide bonds. The molecule has 0 spiro atoms. The van der Waals surface area contributed by atoms with E-state index >= 15 is 0 Å². The van der Waals surface area contributed by atoms with Crippen molar-refractivity contribution in [3.8, 4) is 0 Å². The third kappa shape index (κ3) is 6.23. The quantitative estimate of drug-likeness (QED) is 0.750. The van der Waals surface area contributed by atoms with Crippen molar-refractivity contribution in [2.75, 3.05) is 6.61 Å². The first-order chi connectivity index (χ1) is 12.4. The van der Waals surface area contributed by atoms with Crippen LogP contribution in [-0.2, 0) is 20.5 Å². The number of carboxylic acid groups (broad SMARTS) is 1. The first-order valence-corrected chi connectivity index (χ1v) is 8.73. The molecule has 8 heteroatoms. The number of amides is 1. The molecule has 1 aromatic rings. The van der Waals surface area contributed by atoms with E-state index in [4.69, 9.17) is 4.74 Å². The summed E-state index contributed by atoms with van der Waals surface area (Å²) in [7, 11) is 0. The van der Waals surface area contributed by atoms with E-state index in [0.29, 0.717) is 12.0 Å². The lowest BCUT2D eigenvalue weighted by Gasteiger charge is -2.21. The summed E-state index contributed by atoms with van der Waals surface area (Å²) in [6, 6.07) is 3.66. The van der Waals surface area contributed by atoms with Crippen molar-refractivity contribution in [3.63, 3.8) is 0 Å². The fraction of sp³-hybridized carbons (Fsp3) is 0.579. The highest BCUT2D eigenvalue weighted by Gasteiger charge is 2.45. The van der Waals surface area contributed by atoms with Gasteiger partial charge in [0, 0.05) is 18.9 Å². The van der Waals surface area contributed by atoms with Gasteiger partial charge in [-0.2, -0.15) is 13.2 Å². The monoisotopic (exact) mass is 387 g/mol. The van der Waals surface area contributed by atoms with E-state index in [2.05, 4.69) is 5.32 Å². The Kier molecular flexibility index (Phi) is 6.19. The normalized spacial score (nSPS) is 20.8. The number of aliphatic carboxylic acids is 1. The molecular weight excluding hydrogens is 363 g/mol. The van der Waals surface area contributed by atoms with E-state index in [1.807, 2.05) is 20.8 Å². The van der Waals surface area contributed by atoms with Crippen molar-refractivity contribution in [1.82, 2.24) is 5.32 Å². The Labute approximate surface area is 155 Å². The summed E-state index contributed by atoms with van der Waals surface area (Å²) in [5, 5.41) is 11.8. The molecule has 27 heavy (non-hydrogen) atoms. The van der Waals surface area contributed by atoms with Crippen LogP contribution in [0.3, 0.4) is 0 Å². The van der Waals surface area contributed by atoms with Crippen LogP contribution in [0, 0.1) is 5.92 Å². The van der Waals surface area contributed by atoms with Crippen LogP contribution in [0.2, 0.25) is 0 Å². The van der Waals surface area contributed by atoms with Crippen molar-refractivity contribution in [1.29, 1.82) is 0 Å². The molecule has 3 unspecified atom stereocenters. The van der Waals surface area contributed by atoms with Gasteiger partial charge in [0.25, 0.3) is 0 Å². The molecule has 1 aliphatic carbocycles. The number of benzene rings is 1. The zero-order chi connectivity index (χ0) is 20.4. The first-order valence-electron chi connectivity index (χ1n) is 8.73. The number of hydrogen-bond donors (Lipinski definition) is 2. The molecule has 0 radical (unpaired) electrons. The van der Waals surface area contributed by atoms with E-state index in [1.165, 1.54) is 12.1 Å². The number of hydrogen-bond acceptors (Lipinski definition) is 3. The van der Waals surface area contributed by atoms with Gasteiger partial charge in [0.05, 0.1) is 11.2 Å². The number of rotatable bonds is 7. The van der Waals surface area contributed by atoms with Crippen LogP contribution >= 0.6 is 0 Å². The Hall–Kier alpha value is -2.09. The SMILES string of the molecule is CC(C)(C)OCCC(NC(=O)C1CC1c1ccc(C(F)(F)F)cc1)C(=O)O. The van der Waals surface area contributed by atoms with Crippen LogP contribution < -0.4 is 5.32 Å². The molecule has 1 aromatic carbocycles. The number of halogens is 3. The topological polar surface area (TPSA) is 75.6 Å². The van der Waals surface area contributed by atoms with E-state index in [-0.39, 0.29) is 18.9 Å². The Morgan fingerprint density at radius 1 is 1.22 bits per heavy atom. The van der Waals surface area contributed by atoms with Crippen LogP contribution in [0.1, 0.15) is 50.7 Å². The molecule has 5 nitrogen and oxygen atoms in total. The third-order valence-corrected chi connectivity index (χ3v) is 4.35. The molecule has 0 saturated heterocycles. The van der Waals surface area contributed by atoms with Crippen molar-refractivity contribution in [2.24, 2.45) is 5.92 Å². The molecular formula is C19H24F3NO4. The average molecular weight is 387 g/mol. The lowest BCUT2D eigenvalue weighted by Crippen LogP contribution is -2.42. The second-order valence-electron chi connectivity index (χ2n) is 7.72. The summed E-state index contributed by atoms with van der Waals surface area (Å²) in [6.45, 7) is 5.73. The minimum absolute atomic E-state index is 0.135. The van der Waals surface area contributed by atoms with E-state index in [1.54, 1.807) is 0 Å². The van der Waals surface area contributed by atoms with Crippen LogP contribution in [0.5, 0.6) is 0 Å². The zero-order valence-electron chi connectivity index (χ0n) is 15.5. The lowest BCUT2D eigenvalue weighted by molar-refractivity contribution is -0.143. The highest BCUT2D eigenvalue weighted by atomic mass is 19.4. The van der Waals surface area contributed by atoms with Crippen LogP contribution in [0.4, 0.5) is 13.2 Å². The zero-order valence-corrected chi connectivity index (χ0v) is 15.5. The number of ether oxygens (including phenoxy) is 1. The van der Waals surface area contributed by atoms with Gasteiger partial charge < -0.3 is 15.2 Å². The summed E-state index contributed by atoms with van der Waals surface area (Å²) in [5.74, 6) is -2.16. The number of alkyl halides is 3. The lowest BCUT2D eigenvalue weighted by atomic mass is 10.1. The number of carbonyl (C=O) groups is 2. The molecule has 150 valence electrons. The van der Waals surface area contributed by atoms with Gasteiger partial charge >= 0.3 is 12.1 Å². The second-order valence-corrected chi connectivity index (χ2v) is 7.72. The van der Waals surface area contributed by atoms with E-state index in [0.717, 1.165) is 12.1 Å². The van der Waals surface area contributed by atoms with Crippen LogP contribution in [-0.4, -0.2) is 35.2 Å². The van der Waals surface area contributed by atoms with Gasteiger partial charge in [-0.25, -0.2) is 4.79 Å². The van der Waals surface area contributed by atoms with Crippen LogP contribution in [0.15, 0.2) is 24.3 Å². The van der Waals surface area contributed by atoms with Crippen LogP contribution in [0.25, 0.3) is 0 Å². The molecule has 1 aliphatic rings. The van der Waals surface area contributed by atoms with Gasteiger partial charge in [-0.1, -0.05) is 12.1 Å². The van der Waals surface area contributed by atoms with Gasteiger partial charge in [0.15, 0.2) is 0 Å². The van der Waals surface area contributed by atoms with Crippen molar-refractivity contribution in [2.45, 2.75) is 57.3 Å². The molecule has 3 atom stereocenters. The van der Waals surface area contributed by atoms with E-state index in [9.17, 15) is 27.9 Å². The molecule has 0 aliphatic heterocycles. The molecule has 2 rings (SSSR count). The molecule has 0 aromatic heterocycles.